The van der Waals surface area contributed by atoms with E-state index in [1.54, 1.807) is 12.1 Å². The molecular weight excluding hydrogens is 265 g/mol. The fourth-order valence-electron chi connectivity index (χ4n) is 3.18. The minimum atomic E-state index is -0.490. The first-order valence-electron chi connectivity index (χ1n) is 8.09. The Morgan fingerprint density at radius 3 is 2.43 bits per heavy atom. The van der Waals surface area contributed by atoms with Gasteiger partial charge >= 0.3 is 0 Å². The van der Waals surface area contributed by atoms with Gasteiger partial charge in [-0.05, 0) is 70.0 Å². The Morgan fingerprint density at radius 1 is 1.19 bits per heavy atom. The lowest BCUT2D eigenvalue weighted by atomic mass is 9.88. The highest BCUT2D eigenvalue weighted by Gasteiger charge is 2.34. The number of halogens is 1. The molecule has 0 aliphatic carbocycles. The summed E-state index contributed by atoms with van der Waals surface area (Å²) in [5.41, 5.74) is 1.68. The van der Waals surface area contributed by atoms with Crippen LogP contribution in [-0.4, -0.2) is 34.7 Å². The Bertz CT molecular complexity index is 464. The van der Waals surface area contributed by atoms with Crippen molar-refractivity contribution < 1.29 is 9.50 Å². The molecule has 1 unspecified atom stereocenters. The second kappa shape index (κ2) is 6.89. The number of aryl methyl sites for hydroxylation is 1. The maximum absolute atomic E-state index is 13.4. The van der Waals surface area contributed by atoms with E-state index in [1.807, 2.05) is 6.92 Å². The van der Waals surface area contributed by atoms with Crippen LogP contribution in [0.2, 0.25) is 0 Å². The Labute approximate surface area is 128 Å². The maximum Gasteiger partial charge on any atom is 0.123 e. The molecule has 0 aromatic heterocycles. The van der Waals surface area contributed by atoms with E-state index in [0.717, 1.165) is 24.2 Å². The van der Waals surface area contributed by atoms with E-state index in [-0.39, 0.29) is 11.4 Å². The van der Waals surface area contributed by atoms with Crippen molar-refractivity contribution >= 4 is 0 Å². The zero-order valence-corrected chi connectivity index (χ0v) is 13.5. The molecule has 2 rings (SSSR count). The van der Waals surface area contributed by atoms with Gasteiger partial charge in [0, 0.05) is 12.0 Å². The molecule has 0 spiro atoms. The lowest BCUT2D eigenvalue weighted by molar-refractivity contribution is -0.00795. The summed E-state index contributed by atoms with van der Waals surface area (Å²) in [7, 11) is 0. The highest BCUT2D eigenvalue weighted by molar-refractivity contribution is 5.27. The van der Waals surface area contributed by atoms with E-state index in [4.69, 9.17) is 0 Å². The summed E-state index contributed by atoms with van der Waals surface area (Å²) in [4.78, 5) is 2.40. The quantitative estimate of drug-likeness (QED) is 0.915. The van der Waals surface area contributed by atoms with Crippen molar-refractivity contribution in [1.29, 1.82) is 0 Å². The lowest BCUT2D eigenvalue weighted by Crippen LogP contribution is -2.53. The van der Waals surface area contributed by atoms with Gasteiger partial charge in [-0.15, -0.1) is 0 Å². The van der Waals surface area contributed by atoms with Gasteiger partial charge in [-0.2, -0.15) is 0 Å². The van der Waals surface area contributed by atoms with E-state index in [2.05, 4.69) is 18.7 Å². The highest BCUT2D eigenvalue weighted by atomic mass is 19.1. The van der Waals surface area contributed by atoms with Crippen LogP contribution >= 0.6 is 0 Å². The van der Waals surface area contributed by atoms with Crippen molar-refractivity contribution in [1.82, 2.24) is 4.90 Å². The first kappa shape index (κ1) is 16.4. The highest BCUT2D eigenvalue weighted by Crippen LogP contribution is 2.26. The van der Waals surface area contributed by atoms with Crippen molar-refractivity contribution in [2.45, 2.75) is 64.5 Å². The number of likely N-dealkylation sites (tertiary alicyclic amines) is 1. The van der Waals surface area contributed by atoms with Crippen LogP contribution in [0.3, 0.4) is 0 Å². The molecule has 1 aliphatic rings. The first-order chi connectivity index (χ1) is 9.91. The number of aliphatic hydroxyl groups excluding tert-OH is 1. The molecule has 0 radical (unpaired) electrons. The Hall–Kier alpha value is -0.930. The summed E-state index contributed by atoms with van der Waals surface area (Å²) in [6.45, 7) is 8.29. The van der Waals surface area contributed by atoms with Crippen molar-refractivity contribution in [2.24, 2.45) is 0 Å². The summed E-state index contributed by atoms with van der Waals surface area (Å²) in [5, 5.41) is 10.7. The van der Waals surface area contributed by atoms with E-state index in [1.165, 1.54) is 31.7 Å². The number of rotatable bonds is 4. The maximum atomic E-state index is 13.4. The third-order valence-electron chi connectivity index (χ3n) is 4.96. The first-order valence-corrected chi connectivity index (χ1v) is 8.09. The van der Waals surface area contributed by atoms with Crippen LogP contribution in [0.1, 0.15) is 50.7 Å². The summed E-state index contributed by atoms with van der Waals surface area (Å²) >= 11 is 0. The molecule has 1 saturated heterocycles. The molecule has 0 bridgehead atoms. The second-order valence-electron chi connectivity index (χ2n) is 6.85. The smallest absolute Gasteiger partial charge is 0.123 e. The third kappa shape index (κ3) is 4.04. The molecule has 1 atom stereocenters. The summed E-state index contributed by atoms with van der Waals surface area (Å²) < 4.78 is 13.4. The number of aliphatic hydroxyl groups is 1. The predicted octanol–water partition coefficient (Wildman–Crippen LogP) is 3.69. The Kier molecular flexibility index (Phi) is 5.39. The van der Waals surface area contributed by atoms with E-state index < -0.39 is 6.10 Å². The van der Waals surface area contributed by atoms with Gasteiger partial charge < -0.3 is 5.11 Å². The van der Waals surface area contributed by atoms with Crippen LogP contribution in [-0.2, 0) is 6.42 Å². The molecular formula is C18H28FNO. The topological polar surface area (TPSA) is 23.5 Å². The zero-order valence-electron chi connectivity index (χ0n) is 13.5. The summed E-state index contributed by atoms with van der Waals surface area (Å²) in [6.07, 6.45) is 4.99. The lowest BCUT2D eigenvalue weighted by Gasteiger charge is -2.41. The molecule has 0 amide bonds. The second-order valence-corrected chi connectivity index (χ2v) is 6.85. The van der Waals surface area contributed by atoms with Gasteiger partial charge in [0.15, 0.2) is 0 Å². The van der Waals surface area contributed by atoms with E-state index in [0.29, 0.717) is 6.42 Å². The van der Waals surface area contributed by atoms with Crippen LogP contribution in [0.5, 0.6) is 0 Å². The fourth-order valence-corrected chi connectivity index (χ4v) is 3.18. The largest absolute Gasteiger partial charge is 0.391 e. The van der Waals surface area contributed by atoms with Crippen LogP contribution in [0.4, 0.5) is 4.39 Å². The van der Waals surface area contributed by atoms with Gasteiger partial charge in [0.1, 0.15) is 5.82 Å². The summed E-state index contributed by atoms with van der Waals surface area (Å²) in [5.74, 6) is -0.227. The molecule has 1 fully saturated rings. The van der Waals surface area contributed by atoms with Crippen molar-refractivity contribution in [3.05, 3.63) is 35.1 Å². The van der Waals surface area contributed by atoms with E-state index >= 15 is 0 Å². The van der Waals surface area contributed by atoms with Crippen LogP contribution in [0, 0.1) is 12.7 Å². The minimum Gasteiger partial charge on any atom is -0.391 e. The van der Waals surface area contributed by atoms with Gasteiger partial charge in [0.25, 0.3) is 0 Å². The van der Waals surface area contributed by atoms with Gasteiger partial charge in [-0.1, -0.05) is 18.9 Å². The molecule has 1 aromatic rings. The van der Waals surface area contributed by atoms with Crippen LogP contribution < -0.4 is 0 Å². The van der Waals surface area contributed by atoms with Gasteiger partial charge in [-0.3, -0.25) is 4.90 Å². The average molecular weight is 293 g/mol. The van der Waals surface area contributed by atoms with Crippen molar-refractivity contribution in [3.63, 3.8) is 0 Å². The molecule has 1 N–H and O–H groups in total. The zero-order chi connectivity index (χ0) is 15.5. The SMILES string of the molecule is Cc1ccc(F)cc1CC(O)C(C)(C)N1CCCCCC1. The number of hydrogen-bond acceptors (Lipinski definition) is 2. The third-order valence-corrected chi connectivity index (χ3v) is 4.96. The van der Waals surface area contributed by atoms with Crippen molar-refractivity contribution in [3.8, 4) is 0 Å². The standard InChI is InChI=1S/C18H28FNO/c1-14-8-9-16(19)12-15(14)13-17(21)18(2,3)20-10-6-4-5-7-11-20/h8-9,12,17,21H,4-7,10-11,13H2,1-3H3. The van der Waals surface area contributed by atoms with Gasteiger partial charge in [0.2, 0.25) is 0 Å². The monoisotopic (exact) mass is 293 g/mol. The molecule has 1 aliphatic heterocycles. The van der Waals surface area contributed by atoms with Crippen LogP contribution in [0.25, 0.3) is 0 Å². The van der Waals surface area contributed by atoms with Gasteiger partial charge in [-0.25, -0.2) is 4.39 Å². The number of hydrogen-bond donors (Lipinski definition) is 1. The average Bonchev–Trinajstić information content (AvgIpc) is 2.72. The Balaban J connectivity index is 2.09. The number of nitrogens with zero attached hydrogens (tertiary/aromatic N) is 1. The Morgan fingerprint density at radius 2 is 1.81 bits per heavy atom. The predicted molar refractivity (Wildman–Crippen MR) is 85.0 cm³/mol. The van der Waals surface area contributed by atoms with Crippen molar-refractivity contribution in [2.75, 3.05) is 13.1 Å². The van der Waals surface area contributed by atoms with E-state index in [9.17, 15) is 9.50 Å². The molecule has 3 heteroatoms. The summed E-state index contributed by atoms with van der Waals surface area (Å²) in [6, 6.07) is 4.82. The molecule has 0 saturated carbocycles. The molecule has 1 heterocycles. The molecule has 118 valence electrons. The molecule has 21 heavy (non-hydrogen) atoms. The normalized spacial score (nSPS) is 19.3. The van der Waals surface area contributed by atoms with Gasteiger partial charge in [0.05, 0.1) is 6.10 Å². The number of benzene rings is 1. The van der Waals surface area contributed by atoms with Crippen LogP contribution in [0.15, 0.2) is 18.2 Å². The molecule has 1 aromatic carbocycles. The fraction of sp³-hybridized carbons (Fsp3) is 0.667. The minimum absolute atomic E-state index is 0.227. The molecule has 2 nitrogen and oxygen atoms in total.